The molecule has 60 valence electrons. The molecule has 0 unspecified atom stereocenters. The van der Waals surface area contributed by atoms with Crippen LogP contribution < -0.4 is 4.74 Å². The summed E-state index contributed by atoms with van der Waals surface area (Å²) in [7, 11) is 1.53. The van der Waals surface area contributed by atoms with Crippen molar-refractivity contribution in [3.63, 3.8) is 0 Å². The highest BCUT2D eigenvalue weighted by Crippen LogP contribution is 2.16. The minimum Gasteiger partial charge on any atom is -0.493 e. The molecule has 1 rings (SSSR count). The van der Waals surface area contributed by atoms with E-state index in [0.717, 1.165) is 0 Å². The smallest absolute Gasteiger partial charge is 0.197 e. The van der Waals surface area contributed by atoms with Crippen LogP contribution >= 0.6 is 0 Å². The van der Waals surface area contributed by atoms with Gasteiger partial charge in [0.25, 0.3) is 0 Å². The fraction of sp³-hybridized carbons (Fsp3) is 0.375. The van der Waals surface area contributed by atoms with Gasteiger partial charge in [0.2, 0.25) is 0 Å². The Morgan fingerprint density at radius 3 is 2.91 bits per heavy atom. The summed E-state index contributed by atoms with van der Waals surface area (Å²) in [6, 6.07) is 1.59. The molecule has 0 bridgehead atoms. The Bertz CT molecular complexity index is 250. The molecule has 1 aromatic rings. The van der Waals surface area contributed by atoms with E-state index in [0.29, 0.717) is 17.9 Å². The van der Waals surface area contributed by atoms with Gasteiger partial charge in [-0.05, 0) is 0 Å². The molecule has 0 fully saturated rings. The van der Waals surface area contributed by atoms with Gasteiger partial charge in [0.15, 0.2) is 17.3 Å². The standard InChI is InChI=1S/C8H10O3/c1-3-7(9)8-4-6(10-2)5-11-8/h4-5H,3H2,1-2H3. The van der Waals surface area contributed by atoms with Gasteiger partial charge in [-0.3, -0.25) is 4.79 Å². The second-order valence-corrected chi connectivity index (χ2v) is 2.13. The van der Waals surface area contributed by atoms with Gasteiger partial charge < -0.3 is 9.15 Å². The molecule has 1 heterocycles. The zero-order chi connectivity index (χ0) is 8.27. The number of methoxy groups -OCH3 is 1. The average molecular weight is 154 g/mol. The maximum absolute atomic E-state index is 11.0. The zero-order valence-electron chi connectivity index (χ0n) is 6.59. The largest absolute Gasteiger partial charge is 0.493 e. The van der Waals surface area contributed by atoms with Crippen LogP contribution in [-0.4, -0.2) is 12.9 Å². The van der Waals surface area contributed by atoms with Crippen molar-refractivity contribution in [2.24, 2.45) is 0 Å². The van der Waals surface area contributed by atoms with E-state index in [2.05, 4.69) is 0 Å². The summed E-state index contributed by atoms with van der Waals surface area (Å²) in [5.74, 6) is 0.944. The van der Waals surface area contributed by atoms with E-state index in [9.17, 15) is 4.79 Å². The van der Waals surface area contributed by atoms with Crippen molar-refractivity contribution >= 4 is 5.78 Å². The van der Waals surface area contributed by atoms with Crippen LogP contribution in [0.3, 0.4) is 0 Å². The second-order valence-electron chi connectivity index (χ2n) is 2.13. The number of hydrogen-bond donors (Lipinski definition) is 0. The van der Waals surface area contributed by atoms with Crippen molar-refractivity contribution in [3.8, 4) is 5.75 Å². The summed E-state index contributed by atoms with van der Waals surface area (Å²) < 4.78 is 9.78. The number of hydrogen-bond acceptors (Lipinski definition) is 3. The summed E-state index contributed by atoms with van der Waals surface area (Å²) in [4.78, 5) is 11.0. The Kier molecular flexibility index (Phi) is 2.31. The van der Waals surface area contributed by atoms with Crippen LogP contribution in [0.25, 0.3) is 0 Å². The highest BCUT2D eigenvalue weighted by Gasteiger charge is 2.08. The molecule has 0 N–H and O–H groups in total. The molecule has 0 aromatic carbocycles. The van der Waals surface area contributed by atoms with Gasteiger partial charge in [0.05, 0.1) is 7.11 Å². The molecule has 0 amide bonds. The molecule has 1 aromatic heterocycles. The number of ketones is 1. The fourth-order valence-corrected chi connectivity index (χ4v) is 0.746. The molecular formula is C8H10O3. The number of furan rings is 1. The van der Waals surface area contributed by atoms with Crippen molar-refractivity contribution in [3.05, 3.63) is 18.1 Å². The number of ether oxygens (including phenoxy) is 1. The predicted octanol–water partition coefficient (Wildman–Crippen LogP) is 1.88. The molecule has 3 nitrogen and oxygen atoms in total. The number of carbonyl (C=O) groups excluding carboxylic acids is 1. The van der Waals surface area contributed by atoms with E-state index in [1.807, 2.05) is 0 Å². The first-order valence-corrected chi connectivity index (χ1v) is 3.43. The van der Waals surface area contributed by atoms with Crippen LogP contribution in [0, 0.1) is 0 Å². The first-order valence-electron chi connectivity index (χ1n) is 3.43. The van der Waals surface area contributed by atoms with Gasteiger partial charge in [-0.1, -0.05) is 6.92 Å². The molecule has 0 aliphatic heterocycles. The second kappa shape index (κ2) is 3.23. The highest BCUT2D eigenvalue weighted by molar-refractivity contribution is 5.93. The maximum Gasteiger partial charge on any atom is 0.197 e. The molecule has 0 saturated heterocycles. The summed E-state index contributed by atoms with van der Waals surface area (Å²) in [5.41, 5.74) is 0. The zero-order valence-corrected chi connectivity index (χ0v) is 6.59. The van der Waals surface area contributed by atoms with E-state index in [4.69, 9.17) is 9.15 Å². The third-order valence-corrected chi connectivity index (χ3v) is 1.41. The topological polar surface area (TPSA) is 39.4 Å². The molecule has 3 heteroatoms. The SMILES string of the molecule is CCC(=O)c1cc(OC)co1. The monoisotopic (exact) mass is 154 g/mol. The number of rotatable bonds is 3. The number of Topliss-reactive ketones (excluding diaryl/α,β-unsaturated/α-hetero) is 1. The summed E-state index contributed by atoms with van der Waals surface area (Å²) >= 11 is 0. The van der Waals surface area contributed by atoms with Crippen molar-refractivity contribution in [1.82, 2.24) is 0 Å². The van der Waals surface area contributed by atoms with Gasteiger partial charge in [-0.2, -0.15) is 0 Å². The lowest BCUT2D eigenvalue weighted by Crippen LogP contribution is -1.92. The van der Waals surface area contributed by atoms with Crippen molar-refractivity contribution in [1.29, 1.82) is 0 Å². The van der Waals surface area contributed by atoms with E-state index >= 15 is 0 Å². The minimum atomic E-state index is -0.00620. The average Bonchev–Trinajstić information content (AvgIpc) is 2.50. The van der Waals surface area contributed by atoms with E-state index in [-0.39, 0.29) is 5.78 Å². The summed E-state index contributed by atoms with van der Waals surface area (Å²) in [6.45, 7) is 1.79. The number of carbonyl (C=O) groups is 1. The molecule has 0 spiro atoms. The van der Waals surface area contributed by atoms with Crippen LogP contribution in [0.4, 0.5) is 0 Å². The lowest BCUT2D eigenvalue weighted by molar-refractivity contribution is 0.0961. The normalized spacial score (nSPS) is 9.64. The van der Waals surface area contributed by atoms with Crippen LogP contribution in [-0.2, 0) is 0 Å². The van der Waals surface area contributed by atoms with Gasteiger partial charge in [0.1, 0.15) is 6.26 Å². The molecule has 11 heavy (non-hydrogen) atoms. The van der Waals surface area contributed by atoms with Gasteiger partial charge in [-0.25, -0.2) is 0 Å². The third kappa shape index (κ3) is 1.61. The lowest BCUT2D eigenvalue weighted by atomic mass is 10.2. The maximum atomic E-state index is 11.0. The van der Waals surface area contributed by atoms with Gasteiger partial charge in [-0.15, -0.1) is 0 Å². The van der Waals surface area contributed by atoms with Crippen molar-refractivity contribution in [2.45, 2.75) is 13.3 Å². The van der Waals surface area contributed by atoms with E-state index in [1.165, 1.54) is 13.4 Å². The Morgan fingerprint density at radius 2 is 2.45 bits per heavy atom. The Morgan fingerprint density at radius 1 is 1.73 bits per heavy atom. The van der Waals surface area contributed by atoms with Gasteiger partial charge in [0, 0.05) is 12.5 Å². The van der Waals surface area contributed by atoms with Crippen molar-refractivity contribution in [2.75, 3.05) is 7.11 Å². The van der Waals surface area contributed by atoms with E-state index < -0.39 is 0 Å². The first kappa shape index (κ1) is 7.85. The Hall–Kier alpha value is -1.25. The summed E-state index contributed by atoms with van der Waals surface area (Å²) in [5, 5.41) is 0. The van der Waals surface area contributed by atoms with Crippen LogP contribution in [0.5, 0.6) is 5.75 Å². The van der Waals surface area contributed by atoms with E-state index in [1.54, 1.807) is 13.0 Å². The molecule has 0 aliphatic rings. The molecule has 0 saturated carbocycles. The van der Waals surface area contributed by atoms with Gasteiger partial charge >= 0.3 is 0 Å². The predicted molar refractivity (Wildman–Crippen MR) is 39.9 cm³/mol. The van der Waals surface area contributed by atoms with Crippen molar-refractivity contribution < 1.29 is 13.9 Å². The minimum absolute atomic E-state index is 0.00620. The molecule has 0 aliphatic carbocycles. The molecule has 0 atom stereocenters. The fourth-order valence-electron chi connectivity index (χ4n) is 0.746. The van der Waals surface area contributed by atoms with Crippen LogP contribution in [0.15, 0.2) is 16.7 Å². The summed E-state index contributed by atoms with van der Waals surface area (Å²) in [6.07, 6.45) is 1.87. The highest BCUT2D eigenvalue weighted by atomic mass is 16.5. The lowest BCUT2D eigenvalue weighted by Gasteiger charge is -1.88. The first-order chi connectivity index (χ1) is 5.27. The Labute approximate surface area is 65.0 Å². The molecular weight excluding hydrogens is 144 g/mol. The quantitative estimate of drug-likeness (QED) is 0.624. The van der Waals surface area contributed by atoms with Crippen LogP contribution in [0.2, 0.25) is 0 Å². The third-order valence-electron chi connectivity index (χ3n) is 1.41. The molecule has 0 radical (unpaired) electrons. The van der Waals surface area contributed by atoms with Crippen LogP contribution in [0.1, 0.15) is 23.9 Å². The Balaban J connectivity index is 2.80.